The van der Waals surface area contributed by atoms with E-state index in [0.29, 0.717) is 24.8 Å². The Hall–Kier alpha value is -1.66. The number of pyridine rings is 1. The van der Waals surface area contributed by atoms with Gasteiger partial charge in [0.25, 0.3) is 0 Å². The number of anilines is 1. The normalized spacial score (nSPS) is 16.8. The highest BCUT2D eigenvalue weighted by atomic mass is 16.6. The second-order valence-corrected chi connectivity index (χ2v) is 6.43. The molecule has 1 N–H and O–H groups in total. The van der Waals surface area contributed by atoms with Gasteiger partial charge in [-0.25, -0.2) is 4.79 Å². The maximum Gasteiger partial charge on any atom is 0.412 e. The zero-order valence-corrected chi connectivity index (χ0v) is 13.8. The van der Waals surface area contributed by atoms with E-state index >= 15 is 0 Å². The number of hydrogen-bond donors (Lipinski definition) is 1. The highest BCUT2D eigenvalue weighted by Gasteiger charge is 2.28. The molecule has 0 saturated carbocycles. The smallest absolute Gasteiger partial charge is 0.412 e. The molecule has 1 aliphatic rings. The van der Waals surface area contributed by atoms with Crippen molar-refractivity contribution in [3.63, 3.8) is 0 Å². The van der Waals surface area contributed by atoms with Gasteiger partial charge in [0.05, 0.1) is 31.2 Å². The number of hydrogen-bond acceptors (Lipinski definition) is 5. The Kier molecular flexibility index (Phi) is 5.03. The van der Waals surface area contributed by atoms with Crippen LogP contribution in [0.15, 0.2) is 12.4 Å². The fourth-order valence-electron chi connectivity index (χ4n) is 2.31. The molecule has 122 valence electrons. The van der Waals surface area contributed by atoms with E-state index < -0.39 is 11.7 Å². The number of carbonyl (C=O) groups excluding carboxylic acids is 1. The summed E-state index contributed by atoms with van der Waals surface area (Å²) in [6, 6.07) is 0. The average molecular weight is 308 g/mol. The third-order valence-corrected chi connectivity index (χ3v) is 3.49. The molecule has 2 rings (SSSR count). The van der Waals surface area contributed by atoms with Crippen molar-refractivity contribution in [2.75, 3.05) is 25.6 Å². The molecule has 6 nitrogen and oxygen atoms in total. The number of amides is 1. The molecule has 1 amide bonds. The van der Waals surface area contributed by atoms with Gasteiger partial charge in [0.15, 0.2) is 0 Å². The van der Waals surface area contributed by atoms with Gasteiger partial charge in [-0.05, 0) is 33.3 Å². The fourth-order valence-corrected chi connectivity index (χ4v) is 2.31. The molecular formula is C16H24N2O4. The molecule has 2 heterocycles. The standard InChI is InChI=1S/C16H24N2O4/c1-10(20-5)14-12(11-8-21-9-11)6-17-7-13(14)18-15(19)22-16(2,3)4/h6-7,10-11H,8-9H2,1-5H3,(H,18,19). The molecule has 22 heavy (non-hydrogen) atoms. The summed E-state index contributed by atoms with van der Waals surface area (Å²) < 4.78 is 16.0. The SMILES string of the molecule is COC(C)c1c(NC(=O)OC(C)(C)C)cncc1C1COC1. The van der Waals surface area contributed by atoms with Crippen LogP contribution in [0, 0.1) is 0 Å². The number of nitrogens with one attached hydrogen (secondary N) is 1. The van der Waals surface area contributed by atoms with Crippen LogP contribution in [0.1, 0.15) is 50.8 Å². The summed E-state index contributed by atoms with van der Waals surface area (Å²) in [5.41, 5.74) is 2.04. The minimum absolute atomic E-state index is 0.163. The first-order valence-electron chi connectivity index (χ1n) is 7.40. The van der Waals surface area contributed by atoms with Gasteiger partial charge in [0.2, 0.25) is 0 Å². The van der Waals surface area contributed by atoms with Crippen molar-refractivity contribution in [3.8, 4) is 0 Å². The van der Waals surface area contributed by atoms with Crippen LogP contribution in [0.4, 0.5) is 10.5 Å². The van der Waals surface area contributed by atoms with Gasteiger partial charge in [-0.2, -0.15) is 0 Å². The first kappa shape index (κ1) is 16.7. The van der Waals surface area contributed by atoms with Crippen LogP contribution in [-0.4, -0.2) is 37.0 Å². The van der Waals surface area contributed by atoms with Crippen LogP contribution in [0.3, 0.4) is 0 Å². The van der Waals surface area contributed by atoms with Crippen molar-refractivity contribution in [1.29, 1.82) is 0 Å². The van der Waals surface area contributed by atoms with Gasteiger partial charge in [-0.15, -0.1) is 0 Å². The van der Waals surface area contributed by atoms with Crippen molar-refractivity contribution < 1.29 is 19.0 Å². The van der Waals surface area contributed by atoms with Crippen molar-refractivity contribution in [3.05, 3.63) is 23.5 Å². The molecule has 1 unspecified atom stereocenters. The molecule has 1 aromatic heterocycles. The Bertz CT molecular complexity index is 535. The maximum absolute atomic E-state index is 12.0. The molecule has 6 heteroatoms. The number of nitrogens with zero attached hydrogens (tertiary/aromatic N) is 1. The van der Waals surface area contributed by atoms with Gasteiger partial charge in [-0.1, -0.05) is 0 Å². The number of ether oxygens (including phenoxy) is 3. The number of rotatable bonds is 4. The van der Waals surface area contributed by atoms with Crippen LogP contribution < -0.4 is 5.32 Å². The molecule has 0 spiro atoms. The largest absolute Gasteiger partial charge is 0.444 e. The molecule has 1 saturated heterocycles. The first-order valence-corrected chi connectivity index (χ1v) is 7.40. The molecule has 0 bridgehead atoms. The van der Waals surface area contributed by atoms with Gasteiger partial charge in [0.1, 0.15) is 5.60 Å². The molecule has 0 aliphatic carbocycles. The predicted molar refractivity (Wildman–Crippen MR) is 83.1 cm³/mol. The molecule has 0 radical (unpaired) electrons. The zero-order valence-electron chi connectivity index (χ0n) is 13.8. The van der Waals surface area contributed by atoms with Gasteiger partial charge in [0, 0.05) is 24.8 Å². The van der Waals surface area contributed by atoms with E-state index in [9.17, 15) is 4.79 Å². The van der Waals surface area contributed by atoms with Gasteiger partial charge >= 0.3 is 6.09 Å². The van der Waals surface area contributed by atoms with Crippen LogP contribution >= 0.6 is 0 Å². The Morgan fingerprint density at radius 2 is 2.09 bits per heavy atom. The van der Waals surface area contributed by atoms with Crippen LogP contribution in [0.5, 0.6) is 0 Å². The zero-order chi connectivity index (χ0) is 16.3. The molecule has 0 aromatic carbocycles. The lowest BCUT2D eigenvalue weighted by Crippen LogP contribution is -2.29. The van der Waals surface area contributed by atoms with Crippen molar-refractivity contribution in [1.82, 2.24) is 4.98 Å². The lowest BCUT2D eigenvalue weighted by Gasteiger charge is -2.30. The van der Waals surface area contributed by atoms with Crippen molar-refractivity contribution >= 4 is 11.8 Å². The number of methoxy groups -OCH3 is 1. The Labute approximate surface area is 131 Å². The van der Waals surface area contributed by atoms with Crippen LogP contribution in [0.2, 0.25) is 0 Å². The second-order valence-electron chi connectivity index (χ2n) is 6.43. The van der Waals surface area contributed by atoms with E-state index in [1.165, 1.54) is 0 Å². The monoisotopic (exact) mass is 308 g/mol. The Morgan fingerprint density at radius 1 is 1.41 bits per heavy atom. The minimum atomic E-state index is -0.552. The van der Waals surface area contributed by atoms with E-state index in [1.807, 2.05) is 33.9 Å². The molecule has 1 aliphatic heterocycles. The van der Waals surface area contributed by atoms with E-state index in [0.717, 1.165) is 11.1 Å². The predicted octanol–water partition coefficient (Wildman–Crippen LogP) is 3.25. The van der Waals surface area contributed by atoms with E-state index in [2.05, 4.69) is 10.3 Å². The van der Waals surface area contributed by atoms with E-state index in [-0.39, 0.29) is 6.10 Å². The Balaban J connectivity index is 2.27. The third kappa shape index (κ3) is 3.96. The van der Waals surface area contributed by atoms with Crippen LogP contribution in [0.25, 0.3) is 0 Å². The minimum Gasteiger partial charge on any atom is -0.444 e. The fraction of sp³-hybridized carbons (Fsp3) is 0.625. The number of aromatic nitrogens is 1. The molecular weight excluding hydrogens is 284 g/mol. The van der Waals surface area contributed by atoms with Crippen molar-refractivity contribution in [2.45, 2.75) is 45.3 Å². The van der Waals surface area contributed by atoms with Gasteiger partial charge < -0.3 is 14.2 Å². The molecule has 1 aromatic rings. The van der Waals surface area contributed by atoms with E-state index in [1.54, 1.807) is 13.3 Å². The molecule has 1 atom stereocenters. The second kappa shape index (κ2) is 6.62. The summed E-state index contributed by atoms with van der Waals surface area (Å²) in [5.74, 6) is 0.292. The first-order chi connectivity index (χ1) is 10.3. The average Bonchev–Trinajstić information content (AvgIpc) is 2.34. The highest BCUT2D eigenvalue weighted by molar-refractivity contribution is 5.86. The summed E-state index contributed by atoms with van der Waals surface area (Å²) in [6.07, 6.45) is 2.78. The Morgan fingerprint density at radius 3 is 2.59 bits per heavy atom. The number of carbonyl (C=O) groups is 1. The highest BCUT2D eigenvalue weighted by Crippen LogP contribution is 2.35. The quantitative estimate of drug-likeness (QED) is 0.924. The van der Waals surface area contributed by atoms with Crippen molar-refractivity contribution in [2.24, 2.45) is 0 Å². The summed E-state index contributed by atoms with van der Waals surface area (Å²) in [4.78, 5) is 16.3. The third-order valence-electron chi connectivity index (χ3n) is 3.49. The lowest BCUT2D eigenvalue weighted by molar-refractivity contribution is 0.00668. The van der Waals surface area contributed by atoms with E-state index in [4.69, 9.17) is 14.2 Å². The summed E-state index contributed by atoms with van der Waals surface area (Å²) in [5, 5.41) is 2.78. The lowest BCUT2D eigenvalue weighted by atomic mass is 9.91. The maximum atomic E-state index is 12.0. The summed E-state index contributed by atoms with van der Waals surface area (Å²) >= 11 is 0. The van der Waals surface area contributed by atoms with Gasteiger partial charge in [-0.3, -0.25) is 10.3 Å². The topological polar surface area (TPSA) is 69.7 Å². The summed E-state index contributed by atoms with van der Waals surface area (Å²) in [6.45, 7) is 8.75. The summed E-state index contributed by atoms with van der Waals surface area (Å²) in [7, 11) is 1.64. The molecule has 1 fully saturated rings. The van der Waals surface area contributed by atoms with Crippen LogP contribution in [-0.2, 0) is 14.2 Å².